The lowest BCUT2D eigenvalue weighted by Crippen LogP contribution is -1.98. The fourth-order valence-electron chi connectivity index (χ4n) is 2.03. The van der Waals surface area contributed by atoms with Gasteiger partial charge in [-0.25, -0.2) is 0 Å². The molecule has 0 spiro atoms. The minimum atomic E-state index is 0.561. The van der Waals surface area contributed by atoms with Gasteiger partial charge in [0.2, 0.25) is 11.0 Å². The molecule has 2 heterocycles. The molecule has 0 aliphatic heterocycles. The van der Waals surface area contributed by atoms with E-state index in [9.17, 15) is 0 Å². The Morgan fingerprint density at radius 2 is 1.11 bits per heavy atom. The van der Waals surface area contributed by atoms with Crippen LogP contribution in [0.5, 0.6) is 0 Å². The molecule has 0 bridgehead atoms. The zero-order chi connectivity index (χ0) is 19.6. The summed E-state index contributed by atoms with van der Waals surface area (Å²) in [5.41, 5.74) is 2.18. The zero-order valence-electron chi connectivity index (χ0n) is 15.5. The van der Waals surface area contributed by atoms with Crippen LogP contribution in [-0.4, -0.2) is 40.8 Å². The van der Waals surface area contributed by atoms with Crippen molar-refractivity contribution in [3.8, 4) is 11.4 Å². The normalized spacial score (nSPS) is 10.1. The molecule has 4 rings (SSSR count). The van der Waals surface area contributed by atoms with Crippen LogP contribution in [0.15, 0.2) is 65.8 Å². The lowest BCUT2D eigenvalue weighted by atomic mass is 10.2. The summed E-state index contributed by atoms with van der Waals surface area (Å²) in [6.45, 7) is 3.53. The standard InChI is InChI=1S/C10H10N4S.C9H8N4/c1-8-11-13-10(14-12-8)15-7-9-5-3-2-4-6-9;1-7-10-12-9(13-11-7)8-5-3-2-4-6-8/h2-6H,7H2,1H3;2-6H,1H3. The Hall–Kier alpha value is -3.33. The van der Waals surface area contributed by atoms with E-state index < -0.39 is 0 Å². The zero-order valence-corrected chi connectivity index (χ0v) is 16.3. The van der Waals surface area contributed by atoms with Crippen LogP contribution in [-0.2, 0) is 5.75 Å². The quantitative estimate of drug-likeness (QED) is 0.486. The maximum Gasteiger partial charge on any atom is 0.230 e. The molecule has 0 saturated carbocycles. The highest BCUT2D eigenvalue weighted by molar-refractivity contribution is 7.98. The van der Waals surface area contributed by atoms with Gasteiger partial charge in [0.25, 0.3) is 0 Å². The van der Waals surface area contributed by atoms with Crippen LogP contribution in [0.4, 0.5) is 0 Å². The van der Waals surface area contributed by atoms with E-state index in [-0.39, 0.29) is 0 Å². The topological polar surface area (TPSA) is 103 Å². The molecule has 0 amide bonds. The van der Waals surface area contributed by atoms with Gasteiger partial charge in [0.1, 0.15) is 0 Å². The van der Waals surface area contributed by atoms with Crippen LogP contribution in [0, 0.1) is 13.8 Å². The van der Waals surface area contributed by atoms with E-state index in [1.807, 2.05) is 48.5 Å². The van der Waals surface area contributed by atoms with Crippen LogP contribution in [0.2, 0.25) is 0 Å². The maximum atomic E-state index is 3.93. The molecule has 4 aromatic rings. The Kier molecular flexibility index (Phi) is 7.02. The van der Waals surface area contributed by atoms with E-state index in [0.29, 0.717) is 22.6 Å². The van der Waals surface area contributed by atoms with Crippen molar-refractivity contribution in [2.24, 2.45) is 0 Å². The second-order valence-electron chi connectivity index (χ2n) is 5.64. The molecule has 0 fully saturated rings. The number of hydrogen-bond acceptors (Lipinski definition) is 9. The molecule has 0 atom stereocenters. The van der Waals surface area contributed by atoms with Gasteiger partial charge in [-0.3, -0.25) is 0 Å². The van der Waals surface area contributed by atoms with Gasteiger partial charge in [-0.05, 0) is 19.4 Å². The van der Waals surface area contributed by atoms with Crippen molar-refractivity contribution in [1.29, 1.82) is 0 Å². The maximum absolute atomic E-state index is 3.93. The smallest absolute Gasteiger partial charge is 0.131 e. The number of benzene rings is 2. The number of thioether (sulfide) groups is 1. The van der Waals surface area contributed by atoms with E-state index in [4.69, 9.17) is 0 Å². The minimum absolute atomic E-state index is 0.561. The van der Waals surface area contributed by atoms with Crippen molar-refractivity contribution < 1.29 is 0 Å². The van der Waals surface area contributed by atoms with Crippen LogP contribution in [0.3, 0.4) is 0 Å². The molecule has 140 valence electrons. The van der Waals surface area contributed by atoms with Gasteiger partial charge in [0, 0.05) is 11.3 Å². The van der Waals surface area contributed by atoms with E-state index in [2.05, 4.69) is 52.9 Å². The molecule has 28 heavy (non-hydrogen) atoms. The fraction of sp³-hybridized carbons (Fsp3) is 0.158. The predicted octanol–water partition coefficient (Wildman–Crippen LogP) is 3.11. The number of nitrogens with zero attached hydrogens (tertiary/aromatic N) is 8. The Morgan fingerprint density at radius 1 is 0.607 bits per heavy atom. The van der Waals surface area contributed by atoms with E-state index in [0.717, 1.165) is 11.3 Å². The van der Waals surface area contributed by atoms with Crippen molar-refractivity contribution in [1.82, 2.24) is 40.8 Å². The monoisotopic (exact) mass is 390 g/mol. The average molecular weight is 390 g/mol. The van der Waals surface area contributed by atoms with Gasteiger partial charge in [-0.2, -0.15) is 0 Å². The molecule has 8 nitrogen and oxygen atoms in total. The third kappa shape index (κ3) is 6.13. The molecule has 0 radical (unpaired) electrons. The van der Waals surface area contributed by atoms with E-state index in [1.54, 1.807) is 13.8 Å². The second-order valence-corrected chi connectivity index (χ2v) is 6.58. The molecule has 9 heteroatoms. The molecule has 0 aliphatic carbocycles. The van der Waals surface area contributed by atoms with Crippen molar-refractivity contribution in [2.75, 3.05) is 0 Å². The van der Waals surface area contributed by atoms with Gasteiger partial charge < -0.3 is 0 Å². The molecule has 2 aromatic heterocycles. The molecule has 2 aromatic carbocycles. The average Bonchev–Trinajstić information content (AvgIpc) is 2.76. The highest BCUT2D eigenvalue weighted by Crippen LogP contribution is 2.17. The first kappa shape index (κ1) is 19.4. The number of hydrogen-bond donors (Lipinski definition) is 0. The Labute approximate surface area is 166 Å². The first-order valence-electron chi connectivity index (χ1n) is 8.51. The number of aromatic nitrogens is 8. The first-order chi connectivity index (χ1) is 13.7. The predicted molar refractivity (Wildman–Crippen MR) is 106 cm³/mol. The van der Waals surface area contributed by atoms with Crippen molar-refractivity contribution in [3.63, 3.8) is 0 Å². The van der Waals surface area contributed by atoms with Gasteiger partial charge in [0.05, 0.1) is 0 Å². The lowest BCUT2D eigenvalue weighted by Gasteiger charge is -1.98. The third-order valence-corrected chi connectivity index (χ3v) is 4.28. The molecular formula is C19H18N8S. The van der Waals surface area contributed by atoms with E-state index >= 15 is 0 Å². The van der Waals surface area contributed by atoms with Crippen LogP contribution >= 0.6 is 11.8 Å². The van der Waals surface area contributed by atoms with Crippen LogP contribution in [0.1, 0.15) is 17.2 Å². The first-order valence-corrected chi connectivity index (χ1v) is 9.49. The summed E-state index contributed by atoms with van der Waals surface area (Å²) in [6.07, 6.45) is 0. The minimum Gasteiger partial charge on any atom is -0.131 e. The van der Waals surface area contributed by atoms with Crippen molar-refractivity contribution in [2.45, 2.75) is 24.8 Å². The van der Waals surface area contributed by atoms with Gasteiger partial charge in [0.15, 0.2) is 11.6 Å². The van der Waals surface area contributed by atoms with Gasteiger partial charge in [-0.1, -0.05) is 72.4 Å². The van der Waals surface area contributed by atoms with Crippen molar-refractivity contribution >= 4 is 11.8 Å². The van der Waals surface area contributed by atoms with Crippen LogP contribution < -0.4 is 0 Å². The SMILES string of the molecule is Cc1nnc(-c2ccccc2)nn1.Cc1nnc(SCc2ccccc2)nn1. The highest BCUT2D eigenvalue weighted by Gasteiger charge is 2.01. The summed E-state index contributed by atoms with van der Waals surface area (Å²) >= 11 is 1.53. The fourth-order valence-corrected chi connectivity index (χ4v) is 2.72. The summed E-state index contributed by atoms with van der Waals surface area (Å²) < 4.78 is 0. The van der Waals surface area contributed by atoms with E-state index in [1.165, 1.54) is 17.3 Å². The summed E-state index contributed by atoms with van der Waals surface area (Å²) in [5, 5.41) is 31.7. The summed E-state index contributed by atoms with van der Waals surface area (Å²) in [4.78, 5) is 0. The highest BCUT2D eigenvalue weighted by atomic mass is 32.2. The van der Waals surface area contributed by atoms with Gasteiger partial charge >= 0.3 is 0 Å². The van der Waals surface area contributed by atoms with Crippen LogP contribution in [0.25, 0.3) is 11.4 Å². The summed E-state index contributed by atoms with van der Waals surface area (Å²) in [7, 11) is 0. The molecule has 0 unspecified atom stereocenters. The molecule has 0 N–H and O–H groups in total. The van der Waals surface area contributed by atoms with Crippen molar-refractivity contribution in [3.05, 3.63) is 77.9 Å². The molecule has 0 saturated heterocycles. The number of rotatable bonds is 4. The molecular weight excluding hydrogens is 372 g/mol. The number of aryl methyl sites for hydroxylation is 2. The Balaban J connectivity index is 0.000000162. The second kappa shape index (κ2) is 10.1. The largest absolute Gasteiger partial charge is 0.230 e. The third-order valence-electron chi connectivity index (χ3n) is 3.38. The Bertz CT molecular complexity index is 964. The molecule has 0 aliphatic rings. The Morgan fingerprint density at radius 3 is 1.68 bits per heavy atom. The summed E-state index contributed by atoms with van der Waals surface area (Å²) in [5.74, 6) is 2.58. The lowest BCUT2D eigenvalue weighted by molar-refractivity contribution is 0.713. The summed E-state index contributed by atoms with van der Waals surface area (Å²) in [6, 6.07) is 19.8. The van der Waals surface area contributed by atoms with Gasteiger partial charge in [-0.15, -0.1) is 40.8 Å².